The monoisotopic (exact) mass is 446 g/mol. The largest absolute Gasteiger partial charge is 0.496 e. The first-order valence-electron chi connectivity index (χ1n) is 11.8. The Hall–Kier alpha value is -2.64. The van der Waals surface area contributed by atoms with E-state index in [1.807, 2.05) is 23.1 Å². The van der Waals surface area contributed by atoms with E-state index >= 15 is 0 Å². The zero-order chi connectivity index (χ0) is 22.8. The van der Waals surface area contributed by atoms with Gasteiger partial charge >= 0.3 is 0 Å². The summed E-state index contributed by atoms with van der Waals surface area (Å²) < 4.78 is 16.4. The lowest BCUT2D eigenvalue weighted by molar-refractivity contribution is -0.134. The third-order valence-electron chi connectivity index (χ3n) is 6.06. The summed E-state index contributed by atoms with van der Waals surface area (Å²) in [4.78, 5) is 19.4. The van der Waals surface area contributed by atoms with Crippen LogP contribution in [0.3, 0.4) is 0 Å². The number of guanidine groups is 1. The van der Waals surface area contributed by atoms with Gasteiger partial charge in [-0.15, -0.1) is 0 Å². The van der Waals surface area contributed by atoms with Gasteiger partial charge < -0.3 is 29.7 Å². The first-order chi connectivity index (χ1) is 15.6. The van der Waals surface area contributed by atoms with Crippen LogP contribution in [-0.4, -0.2) is 69.8 Å². The number of hydrogen-bond donors (Lipinski definition) is 2. The third kappa shape index (κ3) is 6.93. The van der Waals surface area contributed by atoms with Crippen LogP contribution in [0.25, 0.3) is 0 Å². The van der Waals surface area contributed by atoms with E-state index in [4.69, 9.17) is 14.2 Å². The van der Waals surface area contributed by atoms with Crippen molar-refractivity contribution >= 4 is 11.9 Å². The van der Waals surface area contributed by atoms with Crippen molar-refractivity contribution in [3.8, 4) is 17.2 Å². The van der Waals surface area contributed by atoms with E-state index in [1.54, 1.807) is 14.2 Å². The van der Waals surface area contributed by atoms with Crippen molar-refractivity contribution in [3.63, 3.8) is 0 Å². The zero-order valence-electron chi connectivity index (χ0n) is 19.7. The van der Waals surface area contributed by atoms with Gasteiger partial charge in [0, 0.05) is 62.8 Å². The van der Waals surface area contributed by atoms with Gasteiger partial charge in [-0.2, -0.15) is 0 Å². The molecule has 3 rings (SSSR count). The third-order valence-corrected chi connectivity index (χ3v) is 6.06. The van der Waals surface area contributed by atoms with E-state index in [9.17, 15) is 4.79 Å². The molecule has 1 unspecified atom stereocenters. The first-order valence-corrected chi connectivity index (χ1v) is 11.8. The predicted octanol–water partition coefficient (Wildman–Crippen LogP) is 2.82. The summed E-state index contributed by atoms with van der Waals surface area (Å²) in [6.45, 7) is 5.65. The Morgan fingerprint density at radius 3 is 2.44 bits per heavy atom. The number of aliphatic imine (C=N–C) groups is 1. The van der Waals surface area contributed by atoms with Crippen molar-refractivity contribution in [2.24, 2.45) is 10.9 Å². The summed E-state index contributed by atoms with van der Waals surface area (Å²) in [5.41, 5.74) is 0. The maximum absolute atomic E-state index is 12.7. The molecule has 2 aliphatic rings. The Kier molecular flexibility index (Phi) is 9.31. The highest BCUT2D eigenvalue weighted by Gasteiger charge is 2.32. The van der Waals surface area contributed by atoms with Gasteiger partial charge in [0.05, 0.1) is 20.8 Å². The van der Waals surface area contributed by atoms with Crippen LogP contribution in [0, 0.1) is 5.92 Å². The fraction of sp³-hybridized carbons (Fsp3) is 0.667. The predicted molar refractivity (Wildman–Crippen MR) is 126 cm³/mol. The molecular formula is C24H38N4O4. The van der Waals surface area contributed by atoms with Gasteiger partial charge in [-0.1, -0.05) is 12.8 Å². The second kappa shape index (κ2) is 12.4. The number of hydrogen-bond acceptors (Lipinski definition) is 5. The summed E-state index contributed by atoms with van der Waals surface area (Å²) in [7, 11) is 3.24. The smallest absolute Gasteiger partial charge is 0.225 e. The second-order valence-electron chi connectivity index (χ2n) is 8.41. The maximum atomic E-state index is 12.7. The SMILES string of the molecule is CCNC(=NCCCOc1cc(OC)cc(OC)c1)NC1CCN(C(=O)C2CCCC2)C1. The number of amides is 1. The summed E-state index contributed by atoms with van der Waals surface area (Å²) in [5, 5.41) is 6.81. The van der Waals surface area contributed by atoms with Crippen LogP contribution in [-0.2, 0) is 4.79 Å². The molecule has 8 heteroatoms. The summed E-state index contributed by atoms with van der Waals surface area (Å²) in [5.74, 6) is 3.52. The summed E-state index contributed by atoms with van der Waals surface area (Å²) in [6.07, 6.45) is 6.25. The molecule has 1 atom stereocenters. The van der Waals surface area contributed by atoms with Crippen LogP contribution in [0.5, 0.6) is 17.2 Å². The quantitative estimate of drug-likeness (QED) is 0.327. The van der Waals surface area contributed by atoms with Gasteiger partial charge in [-0.3, -0.25) is 9.79 Å². The Bertz CT molecular complexity index is 742. The topological polar surface area (TPSA) is 84.4 Å². The molecule has 178 valence electrons. The average molecular weight is 447 g/mol. The molecule has 2 fully saturated rings. The number of nitrogens with one attached hydrogen (secondary N) is 2. The van der Waals surface area contributed by atoms with Crippen molar-refractivity contribution in [2.75, 3.05) is 47.0 Å². The summed E-state index contributed by atoms with van der Waals surface area (Å²) >= 11 is 0. The van der Waals surface area contributed by atoms with Crippen LogP contribution in [0.2, 0.25) is 0 Å². The van der Waals surface area contributed by atoms with Crippen molar-refractivity contribution in [1.29, 1.82) is 0 Å². The van der Waals surface area contributed by atoms with E-state index in [1.165, 1.54) is 12.8 Å². The van der Waals surface area contributed by atoms with Crippen molar-refractivity contribution in [1.82, 2.24) is 15.5 Å². The van der Waals surface area contributed by atoms with Crippen LogP contribution >= 0.6 is 0 Å². The highest BCUT2D eigenvalue weighted by Crippen LogP contribution is 2.28. The lowest BCUT2D eigenvalue weighted by atomic mass is 10.1. The molecule has 0 aromatic heterocycles. The molecule has 0 radical (unpaired) electrons. The fourth-order valence-electron chi connectivity index (χ4n) is 4.33. The number of ether oxygens (including phenoxy) is 3. The molecule has 1 saturated carbocycles. The number of nitrogens with zero attached hydrogens (tertiary/aromatic N) is 2. The molecule has 1 saturated heterocycles. The van der Waals surface area contributed by atoms with E-state index in [-0.39, 0.29) is 12.0 Å². The molecule has 1 aliphatic heterocycles. The molecule has 0 spiro atoms. The molecular weight excluding hydrogens is 408 g/mol. The number of carbonyl (C=O) groups excluding carboxylic acids is 1. The highest BCUT2D eigenvalue weighted by atomic mass is 16.5. The van der Waals surface area contributed by atoms with Crippen LogP contribution in [0.1, 0.15) is 45.4 Å². The van der Waals surface area contributed by atoms with Gasteiger partial charge in [-0.25, -0.2) is 0 Å². The van der Waals surface area contributed by atoms with Crippen LogP contribution < -0.4 is 24.8 Å². The van der Waals surface area contributed by atoms with Crippen molar-refractivity contribution in [2.45, 2.75) is 51.5 Å². The van der Waals surface area contributed by atoms with E-state index in [2.05, 4.69) is 22.5 Å². The normalized spacial score (nSPS) is 19.2. The Labute approximate surface area is 191 Å². The van der Waals surface area contributed by atoms with E-state index < -0.39 is 0 Å². The standard InChI is InChI=1S/C24H38N4O4/c1-4-25-24(27-19-10-12-28(17-19)23(29)18-8-5-6-9-18)26-11-7-13-32-22-15-20(30-2)14-21(16-22)31-3/h14-16,18-19H,4-13,17H2,1-3H3,(H2,25,26,27). The minimum atomic E-state index is 0.249. The number of likely N-dealkylation sites (tertiary alicyclic amines) is 1. The minimum Gasteiger partial charge on any atom is -0.496 e. The van der Waals surface area contributed by atoms with Gasteiger partial charge in [0.15, 0.2) is 5.96 Å². The maximum Gasteiger partial charge on any atom is 0.225 e. The molecule has 8 nitrogen and oxygen atoms in total. The summed E-state index contributed by atoms with van der Waals surface area (Å²) in [6, 6.07) is 5.75. The molecule has 32 heavy (non-hydrogen) atoms. The first kappa shape index (κ1) is 24.0. The van der Waals surface area contributed by atoms with Gasteiger partial charge in [-0.05, 0) is 26.2 Å². The zero-order valence-corrected chi connectivity index (χ0v) is 19.7. The van der Waals surface area contributed by atoms with Crippen molar-refractivity contribution < 1.29 is 19.0 Å². The Morgan fingerprint density at radius 1 is 1.09 bits per heavy atom. The van der Waals surface area contributed by atoms with Crippen LogP contribution in [0.4, 0.5) is 0 Å². The Balaban J connectivity index is 1.42. The van der Waals surface area contributed by atoms with Gasteiger partial charge in [0.2, 0.25) is 5.91 Å². The molecule has 1 aromatic rings. The molecule has 0 bridgehead atoms. The van der Waals surface area contributed by atoms with Gasteiger partial charge in [0.1, 0.15) is 17.2 Å². The molecule has 1 amide bonds. The molecule has 1 heterocycles. The number of benzene rings is 1. The lowest BCUT2D eigenvalue weighted by Gasteiger charge is -2.21. The molecule has 2 N–H and O–H groups in total. The Morgan fingerprint density at radius 2 is 1.78 bits per heavy atom. The molecule has 1 aromatic carbocycles. The number of rotatable bonds is 10. The van der Waals surface area contributed by atoms with E-state index in [0.717, 1.165) is 51.3 Å². The minimum absolute atomic E-state index is 0.249. The molecule has 1 aliphatic carbocycles. The number of carbonyl (C=O) groups is 1. The number of methoxy groups -OCH3 is 2. The highest BCUT2D eigenvalue weighted by molar-refractivity contribution is 5.81. The lowest BCUT2D eigenvalue weighted by Crippen LogP contribution is -2.45. The second-order valence-corrected chi connectivity index (χ2v) is 8.41. The average Bonchev–Trinajstić information content (AvgIpc) is 3.51. The van der Waals surface area contributed by atoms with Crippen molar-refractivity contribution in [3.05, 3.63) is 18.2 Å². The fourth-order valence-corrected chi connectivity index (χ4v) is 4.33. The van der Waals surface area contributed by atoms with E-state index in [0.29, 0.717) is 36.3 Å². The van der Waals surface area contributed by atoms with Crippen LogP contribution in [0.15, 0.2) is 23.2 Å². The van der Waals surface area contributed by atoms with Gasteiger partial charge in [0.25, 0.3) is 0 Å².